The van der Waals surface area contributed by atoms with Crippen molar-refractivity contribution in [2.24, 2.45) is 0 Å². The molecule has 29 heavy (non-hydrogen) atoms. The van der Waals surface area contributed by atoms with E-state index < -0.39 is 5.97 Å². The molecule has 2 aromatic carbocycles. The molecule has 4 N–H and O–H groups in total. The number of nitrogens with zero attached hydrogens (tertiary/aromatic N) is 1. The minimum absolute atomic E-state index is 0.128. The van der Waals surface area contributed by atoms with Gasteiger partial charge in [-0.3, -0.25) is 10.4 Å². The third-order valence-electron chi connectivity index (χ3n) is 4.38. The number of carboxylic acid groups (broad SMARTS) is 1. The van der Waals surface area contributed by atoms with Gasteiger partial charge in [-0.05, 0) is 42.8 Å². The Hall–Kier alpha value is -3.09. The molecule has 0 atom stereocenters. The van der Waals surface area contributed by atoms with Gasteiger partial charge in [0.1, 0.15) is 12.4 Å². The van der Waals surface area contributed by atoms with Crippen molar-refractivity contribution < 1.29 is 14.6 Å². The predicted octanol–water partition coefficient (Wildman–Crippen LogP) is 4.97. The Kier molecular flexibility index (Phi) is 6.06. The van der Waals surface area contributed by atoms with Crippen LogP contribution < -0.4 is 10.5 Å². The Morgan fingerprint density at radius 2 is 1.83 bits per heavy atom. The molecule has 3 aromatic rings. The summed E-state index contributed by atoms with van der Waals surface area (Å²) in [5.74, 6) is -0.523. The molecule has 3 rings (SSSR count). The van der Waals surface area contributed by atoms with E-state index in [2.05, 4.69) is 4.98 Å². The summed E-state index contributed by atoms with van der Waals surface area (Å²) in [4.78, 5) is 15.1. The molecule has 0 spiro atoms. The molecular weight excluding hydrogens is 413 g/mol. The number of nitrogens with one attached hydrogen (secondary N) is 1. The van der Waals surface area contributed by atoms with Crippen LogP contribution in [-0.2, 0) is 6.61 Å². The summed E-state index contributed by atoms with van der Waals surface area (Å²) in [5.41, 5.74) is 9.01. The maximum Gasteiger partial charge on any atom is 0.335 e. The summed E-state index contributed by atoms with van der Waals surface area (Å²) >= 11 is 12.2. The van der Waals surface area contributed by atoms with Gasteiger partial charge in [-0.25, -0.2) is 4.79 Å². The molecule has 0 aliphatic rings. The molecule has 1 heterocycles. The molecule has 0 aliphatic heterocycles. The third-order valence-corrected chi connectivity index (χ3v) is 5.03. The van der Waals surface area contributed by atoms with Crippen LogP contribution in [0.15, 0.2) is 48.8 Å². The Labute approximate surface area is 177 Å². The van der Waals surface area contributed by atoms with Crippen LogP contribution in [0.3, 0.4) is 0 Å². The van der Waals surface area contributed by atoms with E-state index in [9.17, 15) is 9.90 Å². The zero-order valence-corrected chi connectivity index (χ0v) is 16.9. The van der Waals surface area contributed by atoms with Gasteiger partial charge in [0.25, 0.3) is 0 Å². The van der Waals surface area contributed by atoms with Crippen LogP contribution in [0.5, 0.6) is 5.75 Å². The molecule has 0 fully saturated rings. The number of hydrogen-bond donors (Lipinski definition) is 3. The van der Waals surface area contributed by atoms with Crippen LogP contribution in [0.1, 0.15) is 32.6 Å². The monoisotopic (exact) mass is 429 g/mol. The number of carboxylic acids is 1. The fourth-order valence-corrected chi connectivity index (χ4v) is 3.26. The number of carbonyl (C=O) groups is 1. The number of anilines is 1. The van der Waals surface area contributed by atoms with Gasteiger partial charge in [0, 0.05) is 34.8 Å². The largest absolute Gasteiger partial charge is 0.489 e. The van der Waals surface area contributed by atoms with Gasteiger partial charge in [0.2, 0.25) is 0 Å². The van der Waals surface area contributed by atoms with Crippen LogP contribution >= 0.6 is 23.2 Å². The quantitative estimate of drug-likeness (QED) is 0.378. The second-order valence-electron chi connectivity index (χ2n) is 6.33. The number of hydrogen-bond acceptors (Lipinski definition) is 5. The lowest BCUT2D eigenvalue weighted by molar-refractivity contribution is 0.0696. The van der Waals surface area contributed by atoms with Gasteiger partial charge in [0.15, 0.2) is 0 Å². The van der Waals surface area contributed by atoms with E-state index in [0.717, 1.165) is 0 Å². The molecule has 148 valence electrons. The van der Waals surface area contributed by atoms with Gasteiger partial charge < -0.3 is 15.6 Å². The summed E-state index contributed by atoms with van der Waals surface area (Å²) in [6.07, 6.45) is 2.97. The number of aromatic carboxylic acids is 1. The van der Waals surface area contributed by atoms with Gasteiger partial charge in [0.05, 0.1) is 21.3 Å². The van der Waals surface area contributed by atoms with Gasteiger partial charge in [-0.15, -0.1) is 0 Å². The summed E-state index contributed by atoms with van der Waals surface area (Å²) in [5, 5.41) is 18.5. The molecular formula is C21H17Cl2N3O3. The van der Waals surface area contributed by atoms with Gasteiger partial charge in [-0.2, -0.15) is 0 Å². The molecule has 0 saturated carbocycles. The van der Waals surface area contributed by atoms with Crippen molar-refractivity contribution >= 4 is 40.6 Å². The van der Waals surface area contributed by atoms with Crippen molar-refractivity contribution in [1.82, 2.24) is 4.98 Å². The Morgan fingerprint density at radius 3 is 2.45 bits per heavy atom. The number of nitrogen functional groups attached to an aromatic ring is 1. The highest BCUT2D eigenvalue weighted by atomic mass is 35.5. The number of benzene rings is 2. The predicted molar refractivity (Wildman–Crippen MR) is 114 cm³/mol. The number of nitrogens with two attached hydrogens (primary N) is 1. The maximum absolute atomic E-state index is 11.2. The van der Waals surface area contributed by atoms with Crippen LogP contribution in [0, 0.1) is 12.3 Å². The normalized spacial score (nSPS) is 10.6. The van der Waals surface area contributed by atoms with E-state index in [1.807, 2.05) is 0 Å². The highest BCUT2D eigenvalue weighted by Crippen LogP contribution is 2.27. The fourth-order valence-electron chi connectivity index (χ4n) is 2.79. The number of rotatable bonds is 6. The van der Waals surface area contributed by atoms with E-state index in [4.69, 9.17) is 39.1 Å². The second-order valence-corrected chi connectivity index (χ2v) is 7.14. The molecule has 0 amide bonds. The Balaban J connectivity index is 1.86. The minimum atomic E-state index is -1.01. The van der Waals surface area contributed by atoms with E-state index in [1.165, 1.54) is 18.5 Å². The molecule has 6 nitrogen and oxygen atoms in total. The zero-order valence-electron chi connectivity index (χ0n) is 15.4. The summed E-state index contributed by atoms with van der Waals surface area (Å²) < 4.78 is 5.78. The lowest BCUT2D eigenvalue weighted by Gasteiger charge is -2.13. The van der Waals surface area contributed by atoms with E-state index in [1.54, 1.807) is 37.3 Å². The number of halogens is 2. The average Bonchev–Trinajstić information content (AvgIpc) is 2.68. The molecule has 1 aromatic heterocycles. The van der Waals surface area contributed by atoms with Gasteiger partial charge >= 0.3 is 5.97 Å². The fraction of sp³-hybridized carbons (Fsp3) is 0.0952. The Bertz CT molecular complexity index is 1100. The highest BCUT2D eigenvalue weighted by Gasteiger charge is 2.14. The first-order valence-corrected chi connectivity index (χ1v) is 9.27. The topological polar surface area (TPSA) is 109 Å². The van der Waals surface area contributed by atoms with Crippen LogP contribution in [0.25, 0.3) is 0 Å². The van der Waals surface area contributed by atoms with Crippen LogP contribution in [-0.4, -0.2) is 21.8 Å². The maximum atomic E-state index is 11.2. The van der Waals surface area contributed by atoms with Gasteiger partial charge in [-0.1, -0.05) is 29.3 Å². The van der Waals surface area contributed by atoms with Crippen molar-refractivity contribution in [3.63, 3.8) is 0 Å². The first-order valence-electron chi connectivity index (χ1n) is 8.51. The molecule has 0 radical (unpaired) electrons. The van der Waals surface area contributed by atoms with E-state index in [0.29, 0.717) is 43.7 Å². The van der Waals surface area contributed by atoms with E-state index >= 15 is 0 Å². The average molecular weight is 430 g/mol. The smallest absolute Gasteiger partial charge is 0.335 e. The van der Waals surface area contributed by atoms with E-state index in [-0.39, 0.29) is 17.9 Å². The second kappa shape index (κ2) is 8.51. The van der Waals surface area contributed by atoms with Crippen molar-refractivity contribution in [1.29, 1.82) is 5.41 Å². The Morgan fingerprint density at radius 1 is 1.14 bits per heavy atom. The zero-order chi connectivity index (χ0) is 21.1. The minimum Gasteiger partial charge on any atom is -0.489 e. The van der Waals surface area contributed by atoms with Crippen molar-refractivity contribution in [2.75, 3.05) is 5.73 Å². The van der Waals surface area contributed by atoms with Crippen molar-refractivity contribution in [3.05, 3.63) is 86.7 Å². The summed E-state index contributed by atoms with van der Waals surface area (Å²) in [6.45, 7) is 1.81. The van der Waals surface area contributed by atoms with Crippen LogP contribution in [0.2, 0.25) is 10.0 Å². The standard InChI is InChI=1S/C21H17Cl2N3O3/c1-11-6-12(2-4-14(11)21(27)28)20(25)15-7-13(3-5-19(15)24)29-10-16-17(22)8-26-9-18(16)23/h2-9,25H,10,24H2,1H3,(H,27,28). The molecule has 0 bridgehead atoms. The molecule has 0 unspecified atom stereocenters. The summed E-state index contributed by atoms with van der Waals surface area (Å²) in [6, 6.07) is 9.70. The number of aromatic nitrogens is 1. The number of pyridine rings is 1. The molecule has 0 aliphatic carbocycles. The summed E-state index contributed by atoms with van der Waals surface area (Å²) in [7, 11) is 0. The number of ether oxygens (including phenoxy) is 1. The lowest BCUT2D eigenvalue weighted by atomic mass is 9.97. The first-order chi connectivity index (χ1) is 13.8. The molecule has 0 saturated heterocycles. The lowest BCUT2D eigenvalue weighted by Crippen LogP contribution is -2.08. The highest BCUT2D eigenvalue weighted by molar-refractivity contribution is 6.35. The van der Waals surface area contributed by atoms with Crippen LogP contribution in [0.4, 0.5) is 5.69 Å². The van der Waals surface area contributed by atoms with Crippen molar-refractivity contribution in [2.45, 2.75) is 13.5 Å². The first kappa shape index (κ1) is 20.6. The molecule has 8 heteroatoms. The van der Waals surface area contributed by atoms with Crippen molar-refractivity contribution in [3.8, 4) is 5.75 Å². The SMILES string of the molecule is Cc1cc(C(=N)c2cc(OCc3c(Cl)cncc3Cl)ccc2N)ccc1C(=O)O. The third kappa shape index (κ3) is 4.50. The number of aryl methyl sites for hydroxylation is 1.